The van der Waals surface area contributed by atoms with Gasteiger partial charge in [0, 0.05) is 26.7 Å². The number of benzene rings is 3. The van der Waals surface area contributed by atoms with E-state index < -0.39 is 0 Å². The molecule has 0 unspecified atom stereocenters. The SMILES string of the molecule is Cc1c(Cl)cccc1NC(=O)c1c(C)c(-c2ccc(Cl)cc2)nc2ccccc12. The largest absolute Gasteiger partial charge is 0.322 e. The van der Waals surface area contributed by atoms with E-state index in [1.165, 1.54) is 0 Å². The number of halogens is 2. The number of rotatable bonds is 3. The Morgan fingerprint density at radius 3 is 2.34 bits per heavy atom. The van der Waals surface area contributed by atoms with E-state index in [9.17, 15) is 4.79 Å². The number of para-hydroxylation sites is 1. The predicted molar refractivity (Wildman–Crippen MR) is 121 cm³/mol. The Morgan fingerprint density at radius 1 is 0.862 bits per heavy atom. The first-order valence-corrected chi connectivity index (χ1v) is 9.93. The number of hydrogen-bond donors (Lipinski definition) is 1. The number of nitrogens with one attached hydrogen (secondary N) is 1. The van der Waals surface area contributed by atoms with Crippen LogP contribution in [0.4, 0.5) is 5.69 Å². The molecule has 144 valence electrons. The molecule has 0 aliphatic heterocycles. The van der Waals surface area contributed by atoms with E-state index in [1.54, 1.807) is 6.07 Å². The average molecular weight is 421 g/mol. The third-order valence-electron chi connectivity index (χ3n) is 5.00. The summed E-state index contributed by atoms with van der Waals surface area (Å²) in [6.45, 7) is 3.80. The lowest BCUT2D eigenvalue weighted by molar-refractivity contribution is 0.102. The molecule has 1 N–H and O–H groups in total. The van der Waals surface area contributed by atoms with Gasteiger partial charge in [0.25, 0.3) is 5.91 Å². The van der Waals surface area contributed by atoms with Crippen LogP contribution < -0.4 is 5.32 Å². The molecule has 3 aromatic carbocycles. The van der Waals surface area contributed by atoms with E-state index in [0.29, 0.717) is 21.3 Å². The van der Waals surface area contributed by atoms with E-state index in [-0.39, 0.29) is 5.91 Å². The van der Waals surface area contributed by atoms with Crippen LogP contribution in [-0.4, -0.2) is 10.9 Å². The van der Waals surface area contributed by atoms with Gasteiger partial charge in [-0.3, -0.25) is 4.79 Å². The minimum absolute atomic E-state index is 0.193. The molecule has 1 amide bonds. The van der Waals surface area contributed by atoms with Crippen molar-refractivity contribution in [3.8, 4) is 11.3 Å². The lowest BCUT2D eigenvalue weighted by Crippen LogP contribution is -2.16. The maximum Gasteiger partial charge on any atom is 0.256 e. The van der Waals surface area contributed by atoms with Crippen molar-refractivity contribution in [2.45, 2.75) is 13.8 Å². The van der Waals surface area contributed by atoms with E-state index in [1.807, 2.05) is 74.5 Å². The molecule has 0 radical (unpaired) electrons. The van der Waals surface area contributed by atoms with Crippen LogP contribution in [0.1, 0.15) is 21.5 Å². The summed E-state index contributed by atoms with van der Waals surface area (Å²) < 4.78 is 0. The summed E-state index contributed by atoms with van der Waals surface area (Å²) in [5.41, 5.74) is 5.35. The zero-order valence-electron chi connectivity index (χ0n) is 16.0. The molecular formula is C24H18Cl2N2O. The molecular weight excluding hydrogens is 403 g/mol. The van der Waals surface area contributed by atoms with E-state index in [4.69, 9.17) is 28.2 Å². The second-order valence-electron chi connectivity index (χ2n) is 6.85. The Balaban J connectivity index is 1.88. The second-order valence-corrected chi connectivity index (χ2v) is 7.69. The van der Waals surface area contributed by atoms with Crippen LogP contribution in [0.15, 0.2) is 66.7 Å². The molecule has 0 saturated heterocycles. The quantitative estimate of drug-likeness (QED) is 0.384. The van der Waals surface area contributed by atoms with E-state index >= 15 is 0 Å². The molecule has 5 heteroatoms. The molecule has 3 nitrogen and oxygen atoms in total. The Kier molecular flexibility index (Phi) is 5.27. The summed E-state index contributed by atoms with van der Waals surface area (Å²) in [5, 5.41) is 5.09. The number of amides is 1. The van der Waals surface area contributed by atoms with Gasteiger partial charge in [-0.2, -0.15) is 0 Å². The topological polar surface area (TPSA) is 42.0 Å². The number of aromatic nitrogens is 1. The average Bonchev–Trinajstić information content (AvgIpc) is 2.71. The number of nitrogens with zero attached hydrogens (tertiary/aromatic N) is 1. The highest BCUT2D eigenvalue weighted by molar-refractivity contribution is 6.32. The minimum atomic E-state index is -0.193. The van der Waals surface area contributed by atoms with Gasteiger partial charge in [0.05, 0.1) is 16.8 Å². The van der Waals surface area contributed by atoms with Crippen molar-refractivity contribution in [2.75, 3.05) is 5.32 Å². The fourth-order valence-electron chi connectivity index (χ4n) is 3.42. The van der Waals surface area contributed by atoms with Crippen molar-refractivity contribution in [2.24, 2.45) is 0 Å². The molecule has 0 fully saturated rings. The lowest BCUT2D eigenvalue weighted by atomic mass is 9.97. The fourth-order valence-corrected chi connectivity index (χ4v) is 3.72. The molecule has 4 rings (SSSR count). The van der Waals surface area contributed by atoms with Gasteiger partial charge in [-0.15, -0.1) is 0 Å². The van der Waals surface area contributed by atoms with Crippen molar-refractivity contribution in [3.05, 3.63) is 93.5 Å². The number of fused-ring (bicyclic) bond motifs is 1. The number of hydrogen-bond acceptors (Lipinski definition) is 2. The monoisotopic (exact) mass is 420 g/mol. The molecule has 1 aromatic heterocycles. The molecule has 0 bridgehead atoms. The highest BCUT2D eigenvalue weighted by Gasteiger charge is 2.19. The Hall–Kier alpha value is -2.88. The Bertz CT molecular complexity index is 1230. The van der Waals surface area contributed by atoms with Crippen molar-refractivity contribution in [3.63, 3.8) is 0 Å². The number of anilines is 1. The minimum Gasteiger partial charge on any atom is -0.322 e. The number of carbonyl (C=O) groups excluding carboxylic acids is 1. The van der Waals surface area contributed by atoms with Gasteiger partial charge in [0.15, 0.2) is 0 Å². The van der Waals surface area contributed by atoms with Crippen molar-refractivity contribution in [1.29, 1.82) is 0 Å². The summed E-state index contributed by atoms with van der Waals surface area (Å²) >= 11 is 12.3. The summed E-state index contributed by atoms with van der Waals surface area (Å²) in [5.74, 6) is -0.193. The van der Waals surface area contributed by atoms with Crippen LogP contribution in [0.5, 0.6) is 0 Å². The summed E-state index contributed by atoms with van der Waals surface area (Å²) in [6.07, 6.45) is 0. The molecule has 0 saturated carbocycles. The van der Waals surface area contributed by atoms with Crippen LogP contribution in [-0.2, 0) is 0 Å². The Labute approximate surface area is 179 Å². The number of carbonyl (C=O) groups is 1. The third kappa shape index (κ3) is 3.71. The smallest absolute Gasteiger partial charge is 0.256 e. The van der Waals surface area contributed by atoms with Gasteiger partial charge in [0.1, 0.15) is 0 Å². The zero-order chi connectivity index (χ0) is 20.5. The first-order valence-electron chi connectivity index (χ1n) is 9.17. The summed E-state index contributed by atoms with van der Waals surface area (Å²) in [4.78, 5) is 18.2. The van der Waals surface area contributed by atoms with Crippen LogP contribution in [0.25, 0.3) is 22.2 Å². The van der Waals surface area contributed by atoms with Crippen molar-refractivity contribution in [1.82, 2.24) is 4.98 Å². The van der Waals surface area contributed by atoms with Crippen LogP contribution in [0.2, 0.25) is 10.0 Å². The van der Waals surface area contributed by atoms with Gasteiger partial charge < -0.3 is 5.32 Å². The van der Waals surface area contributed by atoms with Crippen molar-refractivity contribution < 1.29 is 4.79 Å². The summed E-state index contributed by atoms with van der Waals surface area (Å²) in [7, 11) is 0. The van der Waals surface area contributed by atoms with Gasteiger partial charge in [0.2, 0.25) is 0 Å². The lowest BCUT2D eigenvalue weighted by Gasteiger charge is -2.16. The molecule has 0 aliphatic rings. The van der Waals surface area contributed by atoms with E-state index in [2.05, 4.69) is 5.32 Å². The maximum atomic E-state index is 13.3. The summed E-state index contributed by atoms with van der Waals surface area (Å²) in [6, 6.07) is 20.6. The first kappa shape index (κ1) is 19.4. The molecule has 29 heavy (non-hydrogen) atoms. The second kappa shape index (κ2) is 7.86. The molecule has 0 aliphatic carbocycles. The van der Waals surface area contributed by atoms with E-state index in [0.717, 1.165) is 33.3 Å². The highest BCUT2D eigenvalue weighted by Crippen LogP contribution is 2.31. The van der Waals surface area contributed by atoms with Gasteiger partial charge in [-0.1, -0.05) is 59.6 Å². The predicted octanol–water partition coefficient (Wildman–Crippen LogP) is 7.08. The number of pyridine rings is 1. The van der Waals surface area contributed by atoms with Gasteiger partial charge in [-0.25, -0.2) is 4.98 Å². The fraction of sp³-hybridized carbons (Fsp3) is 0.0833. The molecule has 0 atom stereocenters. The van der Waals surface area contributed by atoms with Crippen LogP contribution in [0.3, 0.4) is 0 Å². The van der Waals surface area contributed by atoms with Gasteiger partial charge in [-0.05, 0) is 55.3 Å². The van der Waals surface area contributed by atoms with Crippen LogP contribution >= 0.6 is 23.2 Å². The zero-order valence-corrected chi connectivity index (χ0v) is 17.5. The molecule has 4 aromatic rings. The van der Waals surface area contributed by atoms with Gasteiger partial charge >= 0.3 is 0 Å². The molecule has 0 spiro atoms. The van der Waals surface area contributed by atoms with Crippen molar-refractivity contribution >= 4 is 45.7 Å². The highest BCUT2D eigenvalue weighted by atomic mass is 35.5. The Morgan fingerprint density at radius 2 is 1.59 bits per heavy atom. The third-order valence-corrected chi connectivity index (χ3v) is 5.66. The normalized spacial score (nSPS) is 10.9. The first-order chi connectivity index (χ1) is 14.0. The standard InChI is InChI=1S/C24H18Cl2N2O/c1-14-19(26)7-5-9-20(14)28-24(29)22-15(2)23(16-10-12-17(25)13-11-16)27-21-8-4-3-6-18(21)22/h3-13H,1-2H3,(H,28,29). The van der Waals surface area contributed by atoms with Crippen LogP contribution in [0, 0.1) is 13.8 Å². The molecule has 1 heterocycles. The maximum absolute atomic E-state index is 13.3.